The zero-order chi connectivity index (χ0) is 52.9. The maximum Gasteiger partial charge on any atom is 0.306 e. The van der Waals surface area contributed by atoms with E-state index in [1.54, 1.807) is 0 Å². The van der Waals surface area contributed by atoms with Gasteiger partial charge in [0.1, 0.15) is 13.2 Å². The lowest BCUT2D eigenvalue weighted by molar-refractivity contribution is -0.167. The number of carbonyl (C=O) groups excluding carboxylic acids is 3. The van der Waals surface area contributed by atoms with E-state index in [1.165, 1.54) is 51.4 Å². The number of rotatable bonds is 52. The Balaban J connectivity index is 4.34. The number of carbonyl (C=O) groups is 3. The molecule has 1 atom stereocenters. The molecule has 0 rings (SSSR count). The summed E-state index contributed by atoms with van der Waals surface area (Å²) in [5, 5.41) is 0. The first-order chi connectivity index (χ1) is 36.0. The molecule has 412 valence electrons. The smallest absolute Gasteiger partial charge is 0.306 e. The first-order valence-corrected chi connectivity index (χ1v) is 29.7. The van der Waals surface area contributed by atoms with Crippen LogP contribution in [0.4, 0.5) is 0 Å². The molecule has 6 heteroatoms. The zero-order valence-corrected chi connectivity index (χ0v) is 47.1. The Morgan fingerprint density at radius 2 is 0.534 bits per heavy atom. The van der Waals surface area contributed by atoms with Crippen LogP contribution in [0.5, 0.6) is 0 Å². The van der Waals surface area contributed by atoms with Gasteiger partial charge in [0.05, 0.1) is 0 Å². The van der Waals surface area contributed by atoms with Gasteiger partial charge in [0.15, 0.2) is 6.10 Å². The maximum absolute atomic E-state index is 12.8. The van der Waals surface area contributed by atoms with E-state index in [4.69, 9.17) is 14.2 Å². The third kappa shape index (κ3) is 58.3. The molecule has 73 heavy (non-hydrogen) atoms. The summed E-state index contributed by atoms with van der Waals surface area (Å²) in [5.41, 5.74) is 0. The van der Waals surface area contributed by atoms with E-state index in [0.29, 0.717) is 19.3 Å². The average molecular weight is 1010 g/mol. The first-order valence-electron chi connectivity index (χ1n) is 29.7. The molecule has 0 saturated heterocycles. The second-order valence-electron chi connectivity index (χ2n) is 19.1. The average Bonchev–Trinajstić information content (AvgIpc) is 3.39. The van der Waals surface area contributed by atoms with Crippen LogP contribution in [-0.4, -0.2) is 37.2 Å². The molecule has 0 heterocycles. The van der Waals surface area contributed by atoms with Crippen LogP contribution in [0.15, 0.2) is 134 Å². The molecule has 1 unspecified atom stereocenters. The molecule has 0 aliphatic carbocycles. The third-order valence-corrected chi connectivity index (χ3v) is 12.2. The highest BCUT2D eigenvalue weighted by Crippen LogP contribution is 2.14. The largest absolute Gasteiger partial charge is 0.462 e. The lowest BCUT2D eigenvalue weighted by Gasteiger charge is -2.18. The maximum atomic E-state index is 12.8. The Morgan fingerprint density at radius 3 is 0.836 bits per heavy atom. The predicted molar refractivity (Wildman–Crippen MR) is 316 cm³/mol. The molecule has 6 nitrogen and oxygen atoms in total. The van der Waals surface area contributed by atoms with Crippen molar-refractivity contribution < 1.29 is 28.6 Å². The number of ether oxygens (including phenoxy) is 3. The van der Waals surface area contributed by atoms with Gasteiger partial charge in [-0.2, -0.15) is 0 Å². The van der Waals surface area contributed by atoms with Crippen LogP contribution >= 0.6 is 0 Å². The molecule has 0 fully saturated rings. The van der Waals surface area contributed by atoms with Gasteiger partial charge in [-0.15, -0.1) is 0 Å². The van der Waals surface area contributed by atoms with E-state index in [9.17, 15) is 14.4 Å². The number of esters is 3. The van der Waals surface area contributed by atoms with Crippen molar-refractivity contribution in [2.75, 3.05) is 13.2 Å². The van der Waals surface area contributed by atoms with Gasteiger partial charge in [-0.3, -0.25) is 14.4 Å². The molecule has 0 N–H and O–H groups in total. The molecular weight excluding hydrogens is 901 g/mol. The topological polar surface area (TPSA) is 78.9 Å². The molecule has 0 amide bonds. The molecule has 0 aromatic heterocycles. The Morgan fingerprint density at radius 1 is 0.288 bits per heavy atom. The molecule has 0 spiro atoms. The Kier molecular flexibility index (Phi) is 56.4. The number of hydrogen-bond acceptors (Lipinski definition) is 6. The summed E-state index contributed by atoms with van der Waals surface area (Å²) >= 11 is 0. The quantitative estimate of drug-likeness (QED) is 0.0261. The van der Waals surface area contributed by atoms with E-state index in [2.05, 4.69) is 154 Å². The Hall–Kier alpha value is -4.45. The van der Waals surface area contributed by atoms with Gasteiger partial charge in [-0.05, 0) is 116 Å². The first kappa shape index (κ1) is 68.6. The zero-order valence-electron chi connectivity index (χ0n) is 47.1. The van der Waals surface area contributed by atoms with Crippen molar-refractivity contribution in [3.63, 3.8) is 0 Å². The summed E-state index contributed by atoms with van der Waals surface area (Å²) in [6.07, 6.45) is 84.5. The van der Waals surface area contributed by atoms with E-state index >= 15 is 0 Å². The lowest BCUT2D eigenvalue weighted by atomic mass is 10.1. The number of unbranched alkanes of at least 4 members (excludes halogenated alkanes) is 19. The van der Waals surface area contributed by atoms with E-state index < -0.39 is 6.10 Å². The lowest BCUT2D eigenvalue weighted by Crippen LogP contribution is -2.30. The van der Waals surface area contributed by atoms with Crippen molar-refractivity contribution in [2.24, 2.45) is 0 Å². The van der Waals surface area contributed by atoms with Gasteiger partial charge in [0.2, 0.25) is 0 Å². The predicted octanol–water partition coefficient (Wildman–Crippen LogP) is 20.2. The van der Waals surface area contributed by atoms with Crippen LogP contribution in [-0.2, 0) is 28.6 Å². The van der Waals surface area contributed by atoms with Crippen molar-refractivity contribution in [2.45, 2.75) is 258 Å². The van der Waals surface area contributed by atoms with Gasteiger partial charge in [0.25, 0.3) is 0 Å². The minimum atomic E-state index is -0.797. The Bertz CT molecular complexity index is 1580. The number of allylic oxidation sites excluding steroid dienone is 22. The highest BCUT2D eigenvalue weighted by Gasteiger charge is 2.19. The van der Waals surface area contributed by atoms with Crippen molar-refractivity contribution in [1.82, 2.24) is 0 Å². The van der Waals surface area contributed by atoms with Gasteiger partial charge >= 0.3 is 17.9 Å². The summed E-state index contributed by atoms with van der Waals surface area (Å²) in [6, 6.07) is 0. The van der Waals surface area contributed by atoms with E-state index in [1.807, 2.05) is 0 Å². The molecule has 0 aliphatic rings. The summed E-state index contributed by atoms with van der Waals surface area (Å²) in [5.74, 6) is -0.932. The van der Waals surface area contributed by atoms with Gasteiger partial charge in [-0.25, -0.2) is 0 Å². The summed E-state index contributed by atoms with van der Waals surface area (Å²) in [4.78, 5) is 38.1. The van der Waals surface area contributed by atoms with Gasteiger partial charge in [0, 0.05) is 19.3 Å². The fourth-order valence-electron chi connectivity index (χ4n) is 7.77. The van der Waals surface area contributed by atoms with Crippen molar-refractivity contribution in [3.05, 3.63) is 134 Å². The fraction of sp³-hybridized carbons (Fsp3) is 0.627. The van der Waals surface area contributed by atoms with Gasteiger partial charge < -0.3 is 14.2 Å². The van der Waals surface area contributed by atoms with Crippen LogP contribution in [0.3, 0.4) is 0 Å². The Labute approximate surface area is 449 Å². The van der Waals surface area contributed by atoms with Crippen LogP contribution in [0.2, 0.25) is 0 Å². The second-order valence-corrected chi connectivity index (χ2v) is 19.1. The summed E-state index contributed by atoms with van der Waals surface area (Å²) < 4.78 is 16.8. The van der Waals surface area contributed by atoms with Crippen molar-refractivity contribution >= 4 is 17.9 Å². The van der Waals surface area contributed by atoms with E-state index in [0.717, 1.165) is 161 Å². The molecule has 0 aromatic rings. The van der Waals surface area contributed by atoms with Crippen molar-refractivity contribution in [3.8, 4) is 0 Å². The summed E-state index contributed by atoms with van der Waals surface area (Å²) in [7, 11) is 0. The highest BCUT2D eigenvalue weighted by atomic mass is 16.6. The normalized spacial score (nSPS) is 13.1. The van der Waals surface area contributed by atoms with Crippen LogP contribution in [0, 0.1) is 0 Å². The van der Waals surface area contributed by atoms with Gasteiger partial charge in [-0.1, -0.05) is 251 Å². The summed E-state index contributed by atoms with van der Waals surface area (Å²) in [6.45, 7) is 6.36. The fourth-order valence-corrected chi connectivity index (χ4v) is 7.77. The molecule has 0 aromatic carbocycles. The third-order valence-electron chi connectivity index (χ3n) is 12.2. The monoisotopic (exact) mass is 1010 g/mol. The SMILES string of the molecule is CC/C=C\C/C=C\C/C=C\C/C=C\C/C=C\C/C=C\C/C=C\CCCCCCCC(=O)OCC(COC(=O)CCCCCCCCCCC)OC(=O)CCCCCCCC/C=C\C/C=C\C/C=C\C/C=C\CC. The standard InChI is InChI=1S/C67H108O6/c1-4-7-10-13-16-19-21-23-25-27-29-30-31-32-33-34-35-36-38-39-41-43-45-48-51-54-57-60-66(69)72-63-64(62-71-65(68)59-56-53-50-47-18-15-12-9-6-3)73-67(70)61-58-55-52-49-46-44-42-40-37-28-26-24-22-20-17-14-11-8-5-2/h7-8,10-11,16-17,19-20,23-26,29-30,32-33,35-37,39-41,64H,4-6,9,12-15,18,21-22,27-28,31,34,38,42-63H2,1-3H3/b10-7-,11-8-,19-16-,20-17-,25-23-,26-24-,30-29-,33-32-,36-35-,40-37-,41-39-. The molecule has 0 bridgehead atoms. The minimum absolute atomic E-state index is 0.0929. The van der Waals surface area contributed by atoms with E-state index in [-0.39, 0.29) is 31.1 Å². The second kappa shape index (κ2) is 60.1. The number of hydrogen-bond donors (Lipinski definition) is 0. The molecular formula is C67H108O6. The highest BCUT2D eigenvalue weighted by molar-refractivity contribution is 5.71. The van der Waals surface area contributed by atoms with Crippen LogP contribution < -0.4 is 0 Å². The molecule has 0 aliphatic heterocycles. The minimum Gasteiger partial charge on any atom is -0.462 e. The molecule has 0 saturated carbocycles. The molecule has 0 radical (unpaired) electrons. The van der Waals surface area contributed by atoms with Crippen molar-refractivity contribution in [1.29, 1.82) is 0 Å². The van der Waals surface area contributed by atoms with Crippen LogP contribution in [0.1, 0.15) is 252 Å². The van der Waals surface area contributed by atoms with Crippen LogP contribution in [0.25, 0.3) is 0 Å².